The molecule has 1 saturated heterocycles. The Morgan fingerprint density at radius 3 is 2.57 bits per heavy atom. The van der Waals surface area contributed by atoms with Crippen molar-refractivity contribution in [1.29, 1.82) is 0 Å². The van der Waals surface area contributed by atoms with E-state index in [2.05, 4.69) is 24.0 Å². The van der Waals surface area contributed by atoms with Crippen LogP contribution in [0.15, 0.2) is 42.5 Å². The van der Waals surface area contributed by atoms with Crippen LogP contribution in [0, 0.1) is 6.92 Å². The molecule has 0 saturated carbocycles. The van der Waals surface area contributed by atoms with Crippen LogP contribution in [0.25, 0.3) is 0 Å². The summed E-state index contributed by atoms with van der Waals surface area (Å²) in [7, 11) is 1.56. The maximum atomic E-state index is 12.7. The Hall–Kier alpha value is -2.53. The molecule has 5 heteroatoms. The SMILES string of the molecule is CCC(=O)N(c1cccc(C)c1)C1CCN(Cc2cccc(OC)c2O)CC1. The second kappa shape index (κ2) is 9.11. The lowest BCUT2D eigenvalue weighted by molar-refractivity contribution is -0.119. The number of para-hydroxylation sites is 1. The monoisotopic (exact) mass is 382 g/mol. The van der Waals surface area contributed by atoms with Crippen molar-refractivity contribution in [2.24, 2.45) is 0 Å². The van der Waals surface area contributed by atoms with E-state index in [1.165, 1.54) is 0 Å². The molecule has 0 atom stereocenters. The minimum absolute atomic E-state index is 0.175. The first-order valence-corrected chi connectivity index (χ1v) is 9.99. The molecule has 2 aromatic carbocycles. The number of piperidine rings is 1. The van der Waals surface area contributed by atoms with Gasteiger partial charge in [-0.2, -0.15) is 0 Å². The third kappa shape index (κ3) is 4.47. The molecule has 1 amide bonds. The standard InChI is InChI=1S/C23H30N2O3/c1-4-22(26)25(20-9-5-7-17(2)15-20)19-11-13-24(14-12-19)16-18-8-6-10-21(28-3)23(18)27/h5-10,15,19,27H,4,11-14,16H2,1-3H3. The summed E-state index contributed by atoms with van der Waals surface area (Å²) in [5.74, 6) is 0.899. The van der Waals surface area contributed by atoms with Gasteiger partial charge in [-0.05, 0) is 43.5 Å². The van der Waals surface area contributed by atoms with Gasteiger partial charge in [0.05, 0.1) is 7.11 Å². The molecule has 3 rings (SSSR count). The zero-order valence-corrected chi connectivity index (χ0v) is 17.0. The third-order valence-corrected chi connectivity index (χ3v) is 5.47. The number of likely N-dealkylation sites (tertiary alicyclic amines) is 1. The molecule has 28 heavy (non-hydrogen) atoms. The largest absolute Gasteiger partial charge is 0.504 e. The van der Waals surface area contributed by atoms with E-state index in [9.17, 15) is 9.90 Å². The molecule has 1 fully saturated rings. The first-order chi connectivity index (χ1) is 13.5. The maximum absolute atomic E-state index is 12.7. The molecule has 0 aliphatic carbocycles. The Labute approximate surface area is 167 Å². The summed E-state index contributed by atoms with van der Waals surface area (Å²) >= 11 is 0. The van der Waals surface area contributed by atoms with Crippen LogP contribution in [0.4, 0.5) is 5.69 Å². The maximum Gasteiger partial charge on any atom is 0.226 e. The van der Waals surface area contributed by atoms with Gasteiger partial charge in [-0.1, -0.05) is 31.2 Å². The topological polar surface area (TPSA) is 53.0 Å². The minimum Gasteiger partial charge on any atom is -0.504 e. The van der Waals surface area contributed by atoms with Crippen molar-refractivity contribution in [2.45, 2.75) is 45.7 Å². The summed E-state index contributed by atoms with van der Waals surface area (Å²) in [5.41, 5.74) is 3.03. The van der Waals surface area contributed by atoms with E-state index >= 15 is 0 Å². The molecule has 150 valence electrons. The Kier molecular flexibility index (Phi) is 6.57. The lowest BCUT2D eigenvalue weighted by atomic mass is 10.0. The lowest BCUT2D eigenvalue weighted by Gasteiger charge is -2.38. The highest BCUT2D eigenvalue weighted by molar-refractivity contribution is 5.93. The summed E-state index contributed by atoms with van der Waals surface area (Å²) in [6.07, 6.45) is 2.35. The first kappa shape index (κ1) is 20.2. The van der Waals surface area contributed by atoms with Gasteiger partial charge in [-0.15, -0.1) is 0 Å². The van der Waals surface area contributed by atoms with Crippen LogP contribution >= 0.6 is 0 Å². The number of benzene rings is 2. The number of carbonyl (C=O) groups is 1. The summed E-state index contributed by atoms with van der Waals surface area (Å²) < 4.78 is 5.21. The molecule has 0 radical (unpaired) electrons. The predicted molar refractivity (Wildman–Crippen MR) is 112 cm³/mol. The van der Waals surface area contributed by atoms with E-state index in [0.717, 1.165) is 42.7 Å². The van der Waals surface area contributed by atoms with Crippen LogP contribution < -0.4 is 9.64 Å². The van der Waals surface area contributed by atoms with Gasteiger partial charge in [0, 0.05) is 43.3 Å². The fourth-order valence-corrected chi connectivity index (χ4v) is 3.94. The number of methoxy groups -OCH3 is 1. The molecule has 5 nitrogen and oxygen atoms in total. The zero-order valence-electron chi connectivity index (χ0n) is 17.0. The van der Waals surface area contributed by atoms with Gasteiger partial charge in [-0.3, -0.25) is 9.69 Å². The second-order valence-corrected chi connectivity index (χ2v) is 7.43. The Morgan fingerprint density at radius 2 is 1.93 bits per heavy atom. The second-order valence-electron chi connectivity index (χ2n) is 7.43. The van der Waals surface area contributed by atoms with Gasteiger partial charge in [-0.25, -0.2) is 0 Å². The molecule has 0 aromatic heterocycles. The van der Waals surface area contributed by atoms with Crippen LogP contribution in [-0.4, -0.2) is 42.2 Å². The molecule has 1 N–H and O–H groups in total. The van der Waals surface area contributed by atoms with Crippen molar-refractivity contribution in [1.82, 2.24) is 4.90 Å². The molecule has 2 aromatic rings. The van der Waals surface area contributed by atoms with E-state index in [1.807, 2.05) is 36.1 Å². The number of aromatic hydroxyl groups is 1. The molecule has 1 aliphatic rings. The fourth-order valence-electron chi connectivity index (χ4n) is 3.94. The molecular formula is C23H30N2O3. The zero-order chi connectivity index (χ0) is 20.1. The van der Waals surface area contributed by atoms with Gasteiger partial charge in [0.25, 0.3) is 0 Å². The number of ether oxygens (including phenoxy) is 1. The number of amides is 1. The molecule has 1 heterocycles. The number of phenolic OH excluding ortho intramolecular Hbond substituents is 1. The van der Waals surface area contributed by atoms with Crippen LogP contribution in [0.1, 0.15) is 37.3 Å². The molecule has 0 unspecified atom stereocenters. The average molecular weight is 383 g/mol. The van der Waals surface area contributed by atoms with Gasteiger partial charge in [0.2, 0.25) is 5.91 Å². The lowest BCUT2D eigenvalue weighted by Crippen LogP contribution is -2.47. The van der Waals surface area contributed by atoms with E-state index < -0.39 is 0 Å². The molecule has 0 spiro atoms. The number of hydrogen-bond acceptors (Lipinski definition) is 4. The molecular weight excluding hydrogens is 352 g/mol. The third-order valence-electron chi connectivity index (χ3n) is 5.47. The smallest absolute Gasteiger partial charge is 0.226 e. The van der Waals surface area contributed by atoms with Crippen molar-refractivity contribution in [2.75, 3.05) is 25.1 Å². The Balaban J connectivity index is 1.68. The normalized spacial score (nSPS) is 15.4. The van der Waals surface area contributed by atoms with E-state index in [1.54, 1.807) is 13.2 Å². The van der Waals surface area contributed by atoms with Crippen molar-refractivity contribution in [3.8, 4) is 11.5 Å². The van der Waals surface area contributed by atoms with Crippen LogP contribution in [0.3, 0.4) is 0 Å². The van der Waals surface area contributed by atoms with Crippen molar-refractivity contribution >= 4 is 11.6 Å². The number of rotatable bonds is 6. The predicted octanol–water partition coefficient (Wildman–Crippen LogP) is 4.12. The average Bonchev–Trinajstić information content (AvgIpc) is 2.71. The highest BCUT2D eigenvalue weighted by Crippen LogP contribution is 2.31. The molecule has 1 aliphatic heterocycles. The van der Waals surface area contributed by atoms with E-state index in [4.69, 9.17) is 4.74 Å². The number of carbonyl (C=O) groups excluding carboxylic acids is 1. The van der Waals surface area contributed by atoms with Gasteiger partial charge < -0.3 is 14.7 Å². The van der Waals surface area contributed by atoms with Gasteiger partial charge in [0.1, 0.15) is 0 Å². The van der Waals surface area contributed by atoms with Gasteiger partial charge in [0.15, 0.2) is 11.5 Å². The van der Waals surface area contributed by atoms with Crippen LogP contribution in [0.2, 0.25) is 0 Å². The quantitative estimate of drug-likeness (QED) is 0.817. The highest BCUT2D eigenvalue weighted by Gasteiger charge is 2.28. The van der Waals surface area contributed by atoms with E-state index in [-0.39, 0.29) is 17.7 Å². The van der Waals surface area contributed by atoms with Crippen molar-refractivity contribution in [3.63, 3.8) is 0 Å². The van der Waals surface area contributed by atoms with Crippen LogP contribution in [0.5, 0.6) is 11.5 Å². The first-order valence-electron chi connectivity index (χ1n) is 9.99. The number of phenols is 1. The van der Waals surface area contributed by atoms with E-state index in [0.29, 0.717) is 18.7 Å². The highest BCUT2D eigenvalue weighted by atomic mass is 16.5. The number of nitrogens with zero attached hydrogens (tertiary/aromatic N) is 2. The Bertz CT molecular complexity index is 813. The summed E-state index contributed by atoms with van der Waals surface area (Å²) in [4.78, 5) is 17.0. The minimum atomic E-state index is 0.175. The summed E-state index contributed by atoms with van der Waals surface area (Å²) in [5, 5.41) is 10.3. The van der Waals surface area contributed by atoms with Gasteiger partial charge >= 0.3 is 0 Å². The number of anilines is 1. The summed E-state index contributed by atoms with van der Waals surface area (Å²) in [6, 6.07) is 14.0. The number of hydrogen-bond donors (Lipinski definition) is 1. The Morgan fingerprint density at radius 1 is 1.21 bits per heavy atom. The fraction of sp³-hybridized carbons (Fsp3) is 0.435. The van der Waals surface area contributed by atoms with Crippen molar-refractivity contribution in [3.05, 3.63) is 53.6 Å². The number of aryl methyl sites for hydroxylation is 1. The van der Waals surface area contributed by atoms with Crippen LogP contribution in [-0.2, 0) is 11.3 Å². The summed E-state index contributed by atoms with van der Waals surface area (Å²) in [6.45, 7) is 6.44. The van der Waals surface area contributed by atoms with Crippen molar-refractivity contribution < 1.29 is 14.6 Å². The molecule has 0 bridgehead atoms.